The van der Waals surface area contributed by atoms with Gasteiger partial charge in [-0.1, -0.05) is 0 Å². The summed E-state index contributed by atoms with van der Waals surface area (Å²) in [6, 6.07) is -6.63. The van der Waals surface area contributed by atoms with Crippen LogP contribution in [0.25, 0.3) is 0 Å². The minimum Gasteiger partial charge on any atom is -0.480 e. The molecule has 0 radical (unpaired) electrons. The van der Waals surface area contributed by atoms with Gasteiger partial charge in [0.1, 0.15) is 36.3 Å². The fourth-order valence-corrected chi connectivity index (χ4v) is 6.43. The number of hydrogen-bond donors (Lipinski definition) is 14. The van der Waals surface area contributed by atoms with Crippen molar-refractivity contribution in [3.8, 4) is 0 Å². The maximum Gasteiger partial charge on any atom is 0.326 e. The predicted octanol–water partition coefficient (Wildman–Crippen LogP) is -4.38. The van der Waals surface area contributed by atoms with Crippen LogP contribution in [-0.2, 0) is 38.4 Å². The van der Waals surface area contributed by atoms with E-state index >= 15 is 0 Å². The number of carbonyl (C=O) groups is 8. The summed E-state index contributed by atoms with van der Waals surface area (Å²) in [4.78, 5) is 106. The first kappa shape index (κ1) is 52.9. The van der Waals surface area contributed by atoms with E-state index in [4.69, 9.17) is 34.1 Å². The third-order valence-electron chi connectivity index (χ3n) is 9.84. The summed E-state index contributed by atoms with van der Waals surface area (Å²) in [6.07, 6.45) is 5.48. The number of aliphatic carboxylic acids is 1. The molecular formula is C37H70N14O9. The highest BCUT2D eigenvalue weighted by molar-refractivity contribution is 5.96. The smallest absolute Gasteiger partial charge is 0.326 e. The number of carboxylic acids is 1. The zero-order valence-electron chi connectivity index (χ0n) is 34.9. The van der Waals surface area contributed by atoms with E-state index in [9.17, 15) is 43.5 Å². The van der Waals surface area contributed by atoms with E-state index in [2.05, 4.69) is 37.2 Å². The lowest BCUT2D eigenvalue weighted by Gasteiger charge is -2.35. The van der Waals surface area contributed by atoms with Crippen LogP contribution >= 0.6 is 0 Å². The maximum absolute atomic E-state index is 13.8. The van der Waals surface area contributed by atoms with E-state index in [1.165, 1.54) is 11.8 Å². The van der Waals surface area contributed by atoms with Crippen molar-refractivity contribution in [2.45, 2.75) is 133 Å². The largest absolute Gasteiger partial charge is 0.480 e. The summed E-state index contributed by atoms with van der Waals surface area (Å²) in [6.45, 7) is 2.06. The van der Waals surface area contributed by atoms with Crippen LogP contribution in [0.15, 0.2) is 0 Å². The van der Waals surface area contributed by atoms with Crippen LogP contribution in [0.5, 0.6) is 0 Å². The number of carboxylic acid groups (broad SMARTS) is 1. The number of likely N-dealkylation sites (tertiary alicyclic amines) is 1. The monoisotopic (exact) mass is 855 g/mol. The molecule has 1 fully saturated rings. The molecule has 23 nitrogen and oxygen atoms in total. The van der Waals surface area contributed by atoms with E-state index < -0.39 is 90.1 Å². The summed E-state index contributed by atoms with van der Waals surface area (Å²) < 4.78 is 0. The fourth-order valence-electron chi connectivity index (χ4n) is 6.43. The Bertz CT molecular complexity index is 1420. The Balaban J connectivity index is 3.05. The quantitative estimate of drug-likeness (QED) is 0.0184. The minimum absolute atomic E-state index is 0.148. The van der Waals surface area contributed by atoms with Crippen molar-refractivity contribution in [2.75, 3.05) is 45.8 Å². The third kappa shape index (κ3) is 20.7. The van der Waals surface area contributed by atoms with E-state index in [1.807, 2.05) is 0 Å². The molecule has 23 heteroatoms. The first-order valence-corrected chi connectivity index (χ1v) is 20.8. The maximum atomic E-state index is 13.8. The van der Waals surface area contributed by atoms with Crippen LogP contribution < -0.4 is 65.9 Å². The van der Waals surface area contributed by atoms with E-state index in [0.29, 0.717) is 77.4 Å². The second-order valence-corrected chi connectivity index (χ2v) is 14.7. The van der Waals surface area contributed by atoms with Crippen LogP contribution in [-0.4, -0.2) is 145 Å². The van der Waals surface area contributed by atoms with Gasteiger partial charge in [-0.15, -0.1) is 0 Å². The van der Waals surface area contributed by atoms with Crippen molar-refractivity contribution >= 4 is 53.3 Å². The van der Waals surface area contributed by atoms with Crippen LogP contribution in [0.4, 0.5) is 0 Å². The topological polar surface area (TPSA) is 398 Å². The first-order valence-electron chi connectivity index (χ1n) is 20.8. The highest BCUT2D eigenvalue weighted by Gasteiger charge is 2.35. The second kappa shape index (κ2) is 30.0. The number of amides is 7. The lowest BCUT2D eigenvalue weighted by Crippen LogP contribution is -2.59. The number of rotatable bonds is 30. The summed E-state index contributed by atoms with van der Waals surface area (Å²) in [5.74, 6) is -5.99. The SMILES string of the molecule is C[C@H](NC(=O)[C@H](CCCCN)NC(=O)[C@@H]1CCCCN1C(=O)CNC(=O)[C@H](CCCNC(=N)N)NC(=O)CN)C(=O)N[C@@H](CCCCN)C(=O)N[C@@H](CCCCN)C(=O)O. The zero-order valence-corrected chi connectivity index (χ0v) is 34.9. The van der Waals surface area contributed by atoms with Gasteiger partial charge in [-0.25, -0.2) is 4.79 Å². The zero-order chi connectivity index (χ0) is 45.0. The summed E-state index contributed by atoms with van der Waals surface area (Å²) >= 11 is 0. The van der Waals surface area contributed by atoms with Crippen molar-refractivity contribution in [1.29, 1.82) is 5.41 Å². The molecule has 0 bridgehead atoms. The number of guanidine groups is 1. The second-order valence-electron chi connectivity index (χ2n) is 14.7. The normalized spacial score (nSPS) is 16.1. The summed E-state index contributed by atoms with van der Waals surface area (Å²) in [7, 11) is 0. The highest BCUT2D eigenvalue weighted by atomic mass is 16.4. The van der Waals surface area contributed by atoms with Gasteiger partial charge in [0.15, 0.2) is 5.96 Å². The number of nitrogens with one attached hydrogen (secondary N) is 8. The molecule has 342 valence electrons. The molecule has 7 amide bonds. The van der Waals surface area contributed by atoms with Crippen LogP contribution in [0, 0.1) is 5.41 Å². The third-order valence-corrected chi connectivity index (χ3v) is 9.84. The number of hydrogen-bond acceptors (Lipinski definition) is 13. The first-order chi connectivity index (χ1) is 28.6. The molecule has 1 saturated heterocycles. The number of nitrogens with zero attached hydrogens (tertiary/aromatic N) is 1. The van der Waals surface area contributed by atoms with Gasteiger partial charge in [0.2, 0.25) is 41.4 Å². The number of carbonyl (C=O) groups excluding carboxylic acids is 7. The van der Waals surface area contributed by atoms with Crippen molar-refractivity contribution in [1.82, 2.24) is 42.1 Å². The van der Waals surface area contributed by atoms with Gasteiger partial charge in [0.25, 0.3) is 0 Å². The number of unbranched alkanes of at least 4 members (excludes halogenated alkanes) is 3. The summed E-state index contributed by atoms with van der Waals surface area (Å²) in [5, 5.41) is 35.0. The van der Waals surface area contributed by atoms with Gasteiger partial charge in [0.05, 0.1) is 13.1 Å². The van der Waals surface area contributed by atoms with Crippen molar-refractivity contribution in [3.05, 3.63) is 0 Å². The number of piperidine rings is 1. The fraction of sp³-hybridized carbons (Fsp3) is 0.757. The molecule has 1 aliphatic heterocycles. The Kier molecular flexibility index (Phi) is 26.4. The molecule has 0 aromatic carbocycles. The van der Waals surface area contributed by atoms with Gasteiger partial charge >= 0.3 is 5.97 Å². The predicted molar refractivity (Wildman–Crippen MR) is 222 cm³/mol. The van der Waals surface area contributed by atoms with Gasteiger partial charge in [-0.05, 0) is 116 Å². The Labute approximate surface area is 351 Å². The average Bonchev–Trinajstić information content (AvgIpc) is 3.22. The lowest BCUT2D eigenvalue weighted by molar-refractivity contribution is -0.143. The van der Waals surface area contributed by atoms with Crippen LogP contribution in [0.2, 0.25) is 0 Å². The molecule has 0 aromatic heterocycles. The molecule has 1 heterocycles. The molecule has 0 aromatic rings. The Morgan fingerprint density at radius 3 is 1.72 bits per heavy atom. The minimum atomic E-state index is -1.23. The van der Waals surface area contributed by atoms with E-state index in [1.54, 1.807) is 0 Å². The molecule has 0 unspecified atom stereocenters. The summed E-state index contributed by atoms with van der Waals surface area (Å²) in [5.41, 5.74) is 27.5. The molecule has 1 rings (SSSR count). The van der Waals surface area contributed by atoms with E-state index in [0.717, 1.165) is 0 Å². The molecule has 6 atom stereocenters. The number of nitrogens with two attached hydrogens (primary N) is 5. The Hall–Kier alpha value is -5.13. The van der Waals surface area contributed by atoms with Crippen molar-refractivity contribution in [2.24, 2.45) is 28.7 Å². The van der Waals surface area contributed by atoms with Gasteiger partial charge in [0, 0.05) is 13.1 Å². The lowest BCUT2D eigenvalue weighted by atomic mass is 10.00. The van der Waals surface area contributed by atoms with Gasteiger partial charge in [-0.3, -0.25) is 39.0 Å². The van der Waals surface area contributed by atoms with Gasteiger partial charge in [-0.2, -0.15) is 0 Å². The van der Waals surface area contributed by atoms with Crippen LogP contribution in [0.1, 0.15) is 96.8 Å². The average molecular weight is 855 g/mol. The van der Waals surface area contributed by atoms with E-state index in [-0.39, 0.29) is 57.7 Å². The molecule has 0 spiro atoms. The molecule has 0 saturated carbocycles. The van der Waals surface area contributed by atoms with Crippen LogP contribution in [0.3, 0.4) is 0 Å². The van der Waals surface area contributed by atoms with Crippen molar-refractivity contribution < 1.29 is 43.5 Å². The molecular weight excluding hydrogens is 784 g/mol. The standard InChI is InChI=1S/C37H70N14O9/c1-23(31(54)48-26(12-3-7-17-39)34(57)50-27(36(59)60)13-4-8-18-40)46-33(56)25(11-2-6-16-38)49-35(58)28-15-5-9-20-51(28)30(53)22-45-32(55)24(47-29(52)21-41)14-10-19-44-37(42)43/h23-28H,2-22,38-41H2,1H3,(H,45,55)(H,46,56)(H,47,52)(H,48,54)(H,49,58)(H,50,57)(H,59,60)(H4,42,43,44)/t23-,24-,25-,26-,27-,28-/m0/s1. The Morgan fingerprint density at radius 2 is 1.17 bits per heavy atom. The molecule has 1 aliphatic rings. The Morgan fingerprint density at radius 1 is 0.650 bits per heavy atom. The highest BCUT2D eigenvalue weighted by Crippen LogP contribution is 2.18. The molecule has 60 heavy (non-hydrogen) atoms. The molecule has 19 N–H and O–H groups in total. The van der Waals surface area contributed by atoms with Gasteiger partial charge < -0.3 is 75.9 Å². The molecule has 0 aliphatic carbocycles. The van der Waals surface area contributed by atoms with Crippen molar-refractivity contribution in [3.63, 3.8) is 0 Å².